The van der Waals surface area contributed by atoms with Crippen LogP contribution in [0.4, 0.5) is 0 Å². The van der Waals surface area contributed by atoms with Crippen LogP contribution in [0.25, 0.3) is 6.08 Å². The van der Waals surface area contributed by atoms with Crippen LogP contribution in [0.5, 0.6) is 11.5 Å². The van der Waals surface area contributed by atoms with Crippen LogP contribution in [0.1, 0.15) is 48.2 Å². The third kappa shape index (κ3) is 4.42. The van der Waals surface area contributed by atoms with E-state index in [4.69, 9.17) is 4.74 Å². The summed E-state index contributed by atoms with van der Waals surface area (Å²) in [5, 5.41) is 12.5. The number of carbonyl (C=O) groups is 1. The Hall–Kier alpha value is -2.11. The Labute approximate surface area is 168 Å². The van der Waals surface area contributed by atoms with Crippen LogP contribution < -0.4 is 14.7 Å². The van der Waals surface area contributed by atoms with Gasteiger partial charge in [-0.25, -0.2) is 0 Å². The van der Waals surface area contributed by atoms with E-state index in [2.05, 4.69) is 29.8 Å². The summed E-state index contributed by atoms with van der Waals surface area (Å²) in [5.41, 5.74) is 1.96. The predicted molar refractivity (Wildman–Crippen MR) is 108 cm³/mol. The molecule has 1 N–H and O–H groups in total. The summed E-state index contributed by atoms with van der Waals surface area (Å²) in [6.07, 6.45) is 3.82. The van der Waals surface area contributed by atoms with Crippen molar-refractivity contribution in [2.75, 3.05) is 13.1 Å². The summed E-state index contributed by atoms with van der Waals surface area (Å²) in [7, 11) is 0. The summed E-state index contributed by atoms with van der Waals surface area (Å²) >= 11 is 3.43. The largest absolute Gasteiger partial charge is 0.872 e. The molecule has 5 heteroatoms. The Morgan fingerprint density at radius 2 is 1.89 bits per heavy atom. The Balaban J connectivity index is 1.93. The molecule has 0 spiro atoms. The molecule has 1 heterocycles. The maximum atomic E-state index is 12.8. The number of carbonyl (C=O) groups excluding carboxylic acids is 1. The molecule has 0 radical (unpaired) electrons. The second-order valence-electron chi connectivity index (χ2n) is 6.84. The van der Waals surface area contributed by atoms with Gasteiger partial charge in [-0.05, 0) is 42.7 Å². The third-order valence-corrected chi connectivity index (χ3v) is 5.17. The number of Topliss-reactive ketones (excluding diaryl/α,β-unsaturated/α-hetero) is 1. The highest BCUT2D eigenvalue weighted by Gasteiger charge is 2.30. The molecule has 1 aliphatic rings. The fourth-order valence-electron chi connectivity index (χ4n) is 3.46. The first-order valence-corrected chi connectivity index (χ1v) is 10.2. The molecule has 2 aromatic rings. The summed E-state index contributed by atoms with van der Waals surface area (Å²) < 4.78 is 6.85. The molecular weight excluding hydrogens is 406 g/mol. The van der Waals surface area contributed by atoms with Gasteiger partial charge in [0.1, 0.15) is 12.3 Å². The van der Waals surface area contributed by atoms with Crippen LogP contribution in [0.3, 0.4) is 0 Å². The molecular formula is C22H24BrNO3. The molecule has 4 nitrogen and oxygen atoms in total. The zero-order valence-corrected chi connectivity index (χ0v) is 17.3. The molecule has 0 bridgehead atoms. The van der Waals surface area contributed by atoms with Crippen molar-refractivity contribution in [1.29, 1.82) is 0 Å². The highest BCUT2D eigenvalue weighted by Crippen LogP contribution is 2.38. The molecule has 2 aromatic carbocycles. The van der Waals surface area contributed by atoms with E-state index in [9.17, 15) is 9.90 Å². The number of rotatable bonds is 7. The van der Waals surface area contributed by atoms with Gasteiger partial charge in [-0.2, -0.15) is 0 Å². The monoisotopic (exact) mass is 429 g/mol. The topological polar surface area (TPSA) is 53.8 Å². The number of nitrogens with one attached hydrogen (secondary N) is 1. The first-order valence-electron chi connectivity index (χ1n) is 9.39. The lowest BCUT2D eigenvalue weighted by molar-refractivity contribution is -0.914. The number of hydrogen-bond donors (Lipinski definition) is 1. The van der Waals surface area contributed by atoms with Gasteiger partial charge in [0.15, 0.2) is 5.76 Å². The van der Waals surface area contributed by atoms with Gasteiger partial charge in [-0.15, -0.1) is 0 Å². The maximum absolute atomic E-state index is 12.8. The van der Waals surface area contributed by atoms with Crippen LogP contribution in [0.2, 0.25) is 0 Å². The van der Waals surface area contributed by atoms with Crippen molar-refractivity contribution >= 4 is 27.8 Å². The molecule has 0 saturated heterocycles. The lowest BCUT2D eigenvalue weighted by Gasteiger charge is -2.23. The molecule has 0 aliphatic carbocycles. The maximum Gasteiger partial charge on any atom is 0.231 e. The van der Waals surface area contributed by atoms with Crippen LogP contribution in [0.15, 0.2) is 46.6 Å². The molecule has 0 amide bonds. The standard InChI is InChI=1S/C22H24BrNO3/c1-3-10-24(11-4-2)14-18-19(25)9-8-17-21(26)20(27-22(17)18)13-15-6-5-7-16(23)12-15/h5-9,12-13,25H,3-4,10-11,14H2,1-2H3/b20-13-. The molecule has 3 rings (SSSR count). The molecule has 0 unspecified atom stereocenters. The molecule has 1 aliphatic heterocycles. The van der Waals surface area contributed by atoms with Gasteiger partial charge in [0, 0.05) is 10.0 Å². The Morgan fingerprint density at radius 3 is 2.56 bits per heavy atom. The van der Waals surface area contributed by atoms with Crippen LogP contribution in [-0.2, 0) is 6.54 Å². The summed E-state index contributed by atoms with van der Waals surface area (Å²) in [6, 6.07) is 10.7. The minimum Gasteiger partial charge on any atom is -0.872 e. The van der Waals surface area contributed by atoms with Gasteiger partial charge in [0.05, 0.1) is 18.7 Å². The highest BCUT2D eigenvalue weighted by atomic mass is 79.9. The number of ketones is 1. The number of fused-ring (bicyclic) bond motifs is 1. The number of benzene rings is 2. The molecule has 0 aromatic heterocycles. The van der Waals surface area contributed by atoms with E-state index in [1.54, 1.807) is 12.1 Å². The first kappa shape index (κ1) is 19.6. The Morgan fingerprint density at radius 1 is 1.15 bits per heavy atom. The zero-order valence-electron chi connectivity index (χ0n) is 15.7. The third-order valence-electron chi connectivity index (χ3n) is 4.68. The van der Waals surface area contributed by atoms with Gasteiger partial charge in [0.2, 0.25) is 5.78 Å². The van der Waals surface area contributed by atoms with Crippen LogP contribution in [-0.4, -0.2) is 18.9 Å². The van der Waals surface area contributed by atoms with Crippen molar-refractivity contribution in [2.24, 2.45) is 0 Å². The average Bonchev–Trinajstić information content (AvgIpc) is 2.94. The summed E-state index contributed by atoms with van der Waals surface area (Å²) in [4.78, 5) is 14.1. The fraction of sp³-hybridized carbons (Fsp3) is 0.318. The molecule has 0 atom stereocenters. The Bertz CT molecular complexity index is 870. The van der Waals surface area contributed by atoms with E-state index in [1.807, 2.05) is 24.3 Å². The van der Waals surface area contributed by atoms with Gasteiger partial charge in [-0.1, -0.05) is 53.7 Å². The van der Waals surface area contributed by atoms with E-state index >= 15 is 0 Å². The van der Waals surface area contributed by atoms with Gasteiger partial charge < -0.3 is 14.7 Å². The van der Waals surface area contributed by atoms with Gasteiger partial charge >= 0.3 is 0 Å². The summed E-state index contributed by atoms with van der Waals surface area (Å²) in [6.45, 7) is 6.85. The van der Waals surface area contributed by atoms with Gasteiger partial charge in [-0.3, -0.25) is 4.79 Å². The quantitative estimate of drug-likeness (QED) is 0.686. The molecule has 27 heavy (non-hydrogen) atoms. The molecule has 0 saturated carbocycles. The SMILES string of the molecule is CCC[NH+](CCC)Cc1c([O-])ccc2c1O/C(=C\c1cccc(Br)c1)C2=O. The molecule has 142 valence electrons. The van der Waals surface area contributed by atoms with E-state index in [0.29, 0.717) is 23.4 Å². The lowest BCUT2D eigenvalue weighted by atomic mass is 10.0. The number of allylic oxidation sites excluding steroid dienone is 1. The number of quaternary nitrogens is 1. The van der Waals surface area contributed by atoms with Crippen molar-refractivity contribution in [3.8, 4) is 11.5 Å². The van der Waals surface area contributed by atoms with Crippen LogP contribution in [0, 0.1) is 0 Å². The van der Waals surface area contributed by atoms with E-state index in [0.717, 1.165) is 36.0 Å². The predicted octanol–water partition coefficient (Wildman–Crippen LogP) is 3.34. The second-order valence-corrected chi connectivity index (χ2v) is 7.76. The van der Waals surface area contributed by atoms with Crippen molar-refractivity contribution in [2.45, 2.75) is 33.2 Å². The minimum absolute atomic E-state index is 0.0602. The Kier molecular flexibility index (Phi) is 6.34. The smallest absolute Gasteiger partial charge is 0.231 e. The fourth-order valence-corrected chi connectivity index (χ4v) is 3.88. The van der Waals surface area contributed by atoms with Crippen molar-refractivity contribution < 1.29 is 19.5 Å². The highest BCUT2D eigenvalue weighted by molar-refractivity contribution is 9.10. The first-order chi connectivity index (χ1) is 13.0. The number of ether oxygens (including phenoxy) is 1. The lowest BCUT2D eigenvalue weighted by Crippen LogP contribution is -3.10. The molecule has 0 fully saturated rings. The normalized spacial score (nSPS) is 14.7. The van der Waals surface area contributed by atoms with Crippen molar-refractivity contribution in [3.63, 3.8) is 0 Å². The average molecular weight is 430 g/mol. The van der Waals surface area contributed by atoms with E-state index in [-0.39, 0.29) is 17.3 Å². The van der Waals surface area contributed by atoms with Crippen molar-refractivity contribution in [1.82, 2.24) is 0 Å². The number of hydrogen-bond acceptors (Lipinski definition) is 3. The zero-order chi connectivity index (χ0) is 19.4. The van der Waals surface area contributed by atoms with E-state index < -0.39 is 0 Å². The van der Waals surface area contributed by atoms with Crippen molar-refractivity contribution in [3.05, 3.63) is 63.3 Å². The van der Waals surface area contributed by atoms with Crippen LogP contribution >= 0.6 is 15.9 Å². The number of halogens is 1. The second kappa shape index (κ2) is 8.72. The van der Waals surface area contributed by atoms with E-state index in [1.165, 1.54) is 11.0 Å². The summed E-state index contributed by atoms with van der Waals surface area (Å²) in [5.74, 6) is 0.481. The minimum atomic E-state index is -0.168. The van der Waals surface area contributed by atoms with Gasteiger partial charge in [0.25, 0.3) is 0 Å².